The topological polar surface area (TPSA) is 71.7 Å². The summed E-state index contributed by atoms with van der Waals surface area (Å²) in [5.41, 5.74) is 5.34. The van der Waals surface area contributed by atoms with Crippen LogP contribution in [0.1, 0.15) is 23.2 Å². The van der Waals surface area contributed by atoms with Crippen molar-refractivity contribution in [2.75, 3.05) is 7.11 Å². The maximum absolute atomic E-state index is 11.1. The fraction of sp³-hybridized carbons (Fsp3) is 0.227. The molecule has 0 unspecified atom stereocenters. The summed E-state index contributed by atoms with van der Waals surface area (Å²) in [6.45, 7) is 3.72. The van der Waals surface area contributed by atoms with Crippen molar-refractivity contribution >= 4 is 5.97 Å². The molecule has 0 aliphatic carbocycles. The van der Waals surface area contributed by atoms with Gasteiger partial charge in [-0.25, -0.2) is 0 Å². The largest absolute Gasteiger partial charge is 0.507 e. The lowest BCUT2D eigenvalue weighted by molar-refractivity contribution is -0.136. The second-order valence-corrected chi connectivity index (χ2v) is 6.60. The molecule has 0 aliphatic heterocycles. The van der Waals surface area contributed by atoms with Crippen LogP contribution in [-0.4, -0.2) is 27.9 Å². The van der Waals surface area contributed by atoms with E-state index in [1.807, 2.05) is 62.4 Å². The molecule has 1 heterocycles. The Morgan fingerprint density at radius 2 is 1.67 bits per heavy atom. The molecule has 2 aromatic carbocycles. The standard InChI is InChI=1S/C22H23NO4/c1-14-12-18(13-15(2)22(14)26)23-17(7-11-21(24)25)6-10-20(23)16-4-8-19(27-3)9-5-16/h4-6,8-10,12-13,26H,7,11H2,1-3H3,(H,24,25). The predicted molar refractivity (Wildman–Crippen MR) is 105 cm³/mol. The van der Waals surface area contributed by atoms with Gasteiger partial charge in [-0.15, -0.1) is 0 Å². The fourth-order valence-corrected chi connectivity index (χ4v) is 3.26. The van der Waals surface area contributed by atoms with Gasteiger partial charge in [-0.1, -0.05) is 0 Å². The number of hydrogen-bond donors (Lipinski definition) is 2. The quantitative estimate of drug-likeness (QED) is 0.675. The highest BCUT2D eigenvalue weighted by Crippen LogP contribution is 2.32. The molecule has 0 bridgehead atoms. The van der Waals surface area contributed by atoms with Gasteiger partial charge in [0.2, 0.25) is 0 Å². The molecule has 5 heteroatoms. The van der Waals surface area contributed by atoms with Gasteiger partial charge in [0.05, 0.1) is 19.2 Å². The molecule has 0 radical (unpaired) electrons. The second-order valence-electron chi connectivity index (χ2n) is 6.60. The summed E-state index contributed by atoms with van der Waals surface area (Å²) in [6, 6.07) is 15.5. The van der Waals surface area contributed by atoms with Crippen molar-refractivity contribution in [1.29, 1.82) is 0 Å². The van der Waals surface area contributed by atoms with Crippen LogP contribution in [0.2, 0.25) is 0 Å². The lowest BCUT2D eigenvalue weighted by atomic mass is 10.1. The Hall–Kier alpha value is -3.21. The SMILES string of the molecule is COc1ccc(-c2ccc(CCC(=O)O)n2-c2cc(C)c(O)c(C)c2)cc1. The number of ether oxygens (including phenoxy) is 1. The second kappa shape index (κ2) is 7.58. The molecular formula is C22H23NO4. The summed E-state index contributed by atoms with van der Waals surface area (Å²) in [4.78, 5) is 11.1. The number of carbonyl (C=O) groups is 1. The van der Waals surface area contributed by atoms with Gasteiger partial charge in [0.25, 0.3) is 0 Å². The number of carboxylic acid groups (broad SMARTS) is 1. The first-order chi connectivity index (χ1) is 12.9. The number of aliphatic carboxylic acids is 1. The summed E-state index contributed by atoms with van der Waals surface area (Å²) in [6.07, 6.45) is 0.479. The zero-order chi connectivity index (χ0) is 19.6. The lowest BCUT2D eigenvalue weighted by Gasteiger charge is -2.16. The van der Waals surface area contributed by atoms with E-state index in [1.165, 1.54) is 0 Å². The van der Waals surface area contributed by atoms with Crippen LogP contribution in [0.3, 0.4) is 0 Å². The average molecular weight is 365 g/mol. The van der Waals surface area contributed by atoms with Crippen LogP contribution >= 0.6 is 0 Å². The van der Waals surface area contributed by atoms with Crippen molar-refractivity contribution in [2.24, 2.45) is 0 Å². The van der Waals surface area contributed by atoms with E-state index in [9.17, 15) is 9.90 Å². The van der Waals surface area contributed by atoms with E-state index in [0.717, 1.165) is 39.5 Å². The van der Waals surface area contributed by atoms with Gasteiger partial charge >= 0.3 is 5.97 Å². The first kappa shape index (κ1) is 18.6. The molecule has 0 saturated carbocycles. The Bertz CT molecular complexity index is 947. The summed E-state index contributed by atoms with van der Waals surface area (Å²) in [7, 11) is 1.63. The molecule has 1 aromatic heterocycles. The molecule has 0 fully saturated rings. The van der Waals surface area contributed by atoms with Crippen LogP contribution in [0.4, 0.5) is 0 Å². The molecule has 3 aromatic rings. The third-order valence-corrected chi connectivity index (χ3v) is 4.68. The first-order valence-corrected chi connectivity index (χ1v) is 8.78. The van der Waals surface area contributed by atoms with Crippen molar-refractivity contribution in [3.05, 3.63) is 65.4 Å². The minimum absolute atomic E-state index is 0.0577. The summed E-state index contributed by atoms with van der Waals surface area (Å²) in [5, 5.41) is 19.2. The summed E-state index contributed by atoms with van der Waals surface area (Å²) < 4.78 is 7.29. The number of phenolic OH excluding ortho intramolecular Hbond substituents is 1. The van der Waals surface area contributed by atoms with Crippen LogP contribution in [-0.2, 0) is 11.2 Å². The van der Waals surface area contributed by atoms with Crippen molar-refractivity contribution in [3.8, 4) is 28.4 Å². The molecule has 140 valence electrons. The van der Waals surface area contributed by atoms with Crippen molar-refractivity contribution in [1.82, 2.24) is 4.57 Å². The third-order valence-electron chi connectivity index (χ3n) is 4.68. The molecule has 2 N–H and O–H groups in total. The number of methoxy groups -OCH3 is 1. The number of carboxylic acids is 1. The summed E-state index contributed by atoms with van der Waals surface area (Å²) >= 11 is 0. The zero-order valence-electron chi connectivity index (χ0n) is 15.7. The lowest BCUT2D eigenvalue weighted by Crippen LogP contribution is -2.06. The van der Waals surface area contributed by atoms with Crippen LogP contribution in [0, 0.1) is 13.8 Å². The maximum Gasteiger partial charge on any atom is 0.303 e. The minimum atomic E-state index is -0.827. The van der Waals surface area contributed by atoms with Gasteiger partial charge in [0, 0.05) is 11.4 Å². The Morgan fingerprint density at radius 3 is 2.22 bits per heavy atom. The smallest absolute Gasteiger partial charge is 0.303 e. The Morgan fingerprint density at radius 1 is 1.04 bits per heavy atom. The zero-order valence-corrected chi connectivity index (χ0v) is 15.7. The van der Waals surface area contributed by atoms with Crippen LogP contribution in [0.15, 0.2) is 48.5 Å². The van der Waals surface area contributed by atoms with Crippen LogP contribution in [0.25, 0.3) is 16.9 Å². The van der Waals surface area contributed by atoms with Gasteiger partial charge < -0.3 is 19.5 Å². The van der Waals surface area contributed by atoms with Gasteiger partial charge in [0.1, 0.15) is 11.5 Å². The summed E-state index contributed by atoms with van der Waals surface area (Å²) in [5.74, 6) is 0.232. The molecule has 0 amide bonds. The molecule has 0 saturated heterocycles. The highest BCUT2D eigenvalue weighted by Gasteiger charge is 2.15. The molecule has 3 rings (SSSR count). The number of aromatic hydroxyl groups is 1. The maximum atomic E-state index is 11.1. The van der Waals surface area contributed by atoms with Crippen molar-refractivity contribution < 1.29 is 19.7 Å². The van der Waals surface area contributed by atoms with Crippen molar-refractivity contribution in [2.45, 2.75) is 26.7 Å². The van der Waals surface area contributed by atoms with Crippen LogP contribution in [0.5, 0.6) is 11.5 Å². The molecule has 5 nitrogen and oxygen atoms in total. The Balaban J connectivity index is 2.15. The number of phenols is 1. The highest BCUT2D eigenvalue weighted by atomic mass is 16.5. The molecule has 0 spiro atoms. The highest BCUT2D eigenvalue weighted by molar-refractivity contribution is 5.68. The number of nitrogens with zero attached hydrogens (tertiary/aromatic N) is 1. The van der Waals surface area contributed by atoms with E-state index in [1.54, 1.807) is 7.11 Å². The first-order valence-electron chi connectivity index (χ1n) is 8.78. The van der Waals surface area contributed by atoms with Gasteiger partial charge in [-0.2, -0.15) is 0 Å². The molecular weight excluding hydrogens is 342 g/mol. The normalized spacial score (nSPS) is 10.8. The van der Waals surface area contributed by atoms with Crippen molar-refractivity contribution in [3.63, 3.8) is 0 Å². The van der Waals surface area contributed by atoms with Gasteiger partial charge in [-0.3, -0.25) is 4.79 Å². The monoisotopic (exact) mass is 365 g/mol. The van der Waals surface area contributed by atoms with E-state index < -0.39 is 5.97 Å². The third kappa shape index (κ3) is 3.82. The van der Waals surface area contributed by atoms with E-state index in [0.29, 0.717) is 6.42 Å². The van der Waals surface area contributed by atoms with E-state index >= 15 is 0 Å². The Kier molecular flexibility index (Phi) is 5.21. The number of benzene rings is 2. The van der Waals surface area contributed by atoms with Crippen LogP contribution < -0.4 is 4.74 Å². The van der Waals surface area contributed by atoms with Gasteiger partial charge in [-0.05, 0) is 85.5 Å². The number of rotatable bonds is 6. The van der Waals surface area contributed by atoms with E-state index in [2.05, 4.69) is 4.57 Å². The number of aromatic nitrogens is 1. The molecule has 27 heavy (non-hydrogen) atoms. The minimum Gasteiger partial charge on any atom is -0.507 e. The number of aryl methyl sites for hydroxylation is 3. The van der Waals surface area contributed by atoms with Gasteiger partial charge in [0.15, 0.2) is 0 Å². The Labute approximate surface area is 158 Å². The van der Waals surface area contributed by atoms with E-state index in [4.69, 9.17) is 9.84 Å². The number of hydrogen-bond acceptors (Lipinski definition) is 3. The predicted octanol–water partition coefficient (Wildman–Crippen LogP) is 4.49. The average Bonchev–Trinajstić information content (AvgIpc) is 3.08. The van der Waals surface area contributed by atoms with E-state index in [-0.39, 0.29) is 12.2 Å². The molecule has 0 aliphatic rings. The molecule has 0 atom stereocenters. The fourth-order valence-electron chi connectivity index (χ4n) is 3.26.